The van der Waals surface area contributed by atoms with Crippen LogP contribution >= 0.6 is 11.3 Å². The topological polar surface area (TPSA) is 77.8 Å². The first-order chi connectivity index (χ1) is 8.75. The van der Waals surface area contributed by atoms with Gasteiger partial charge in [0.1, 0.15) is 0 Å². The van der Waals surface area contributed by atoms with E-state index in [2.05, 4.69) is 15.1 Å². The summed E-state index contributed by atoms with van der Waals surface area (Å²) >= 11 is 1.45. The van der Waals surface area contributed by atoms with Crippen LogP contribution in [0.5, 0.6) is 0 Å². The van der Waals surface area contributed by atoms with Crippen LogP contribution in [0, 0.1) is 6.92 Å². The van der Waals surface area contributed by atoms with E-state index in [0.29, 0.717) is 16.7 Å². The van der Waals surface area contributed by atoms with Gasteiger partial charge in [-0.1, -0.05) is 5.16 Å². The second kappa shape index (κ2) is 4.23. The molecule has 3 aromatic rings. The molecule has 0 atom stereocenters. The largest absolute Gasteiger partial charge is 0.390 e. The Labute approximate surface area is 107 Å². The highest BCUT2D eigenvalue weighted by atomic mass is 32.1. The molecule has 0 aliphatic carbocycles. The Bertz CT molecular complexity index is 689. The van der Waals surface area contributed by atoms with E-state index in [1.165, 1.54) is 11.3 Å². The number of hydrogen-bond acceptors (Lipinski definition) is 6. The van der Waals surface area contributed by atoms with Crippen molar-refractivity contribution in [2.75, 3.05) is 5.73 Å². The van der Waals surface area contributed by atoms with Gasteiger partial charge in [0.25, 0.3) is 5.89 Å². The van der Waals surface area contributed by atoms with Crippen LogP contribution in [0.25, 0.3) is 22.8 Å². The summed E-state index contributed by atoms with van der Waals surface area (Å²) in [5.41, 5.74) is 8.53. The van der Waals surface area contributed by atoms with E-state index in [1.807, 2.05) is 24.4 Å². The Morgan fingerprint density at radius 3 is 2.89 bits per heavy atom. The summed E-state index contributed by atoms with van der Waals surface area (Å²) in [4.78, 5) is 8.40. The van der Waals surface area contributed by atoms with Gasteiger partial charge >= 0.3 is 0 Å². The van der Waals surface area contributed by atoms with Crippen LogP contribution in [0.1, 0.15) is 5.56 Å². The van der Waals surface area contributed by atoms with Crippen molar-refractivity contribution in [3.8, 4) is 22.8 Å². The van der Waals surface area contributed by atoms with Crippen molar-refractivity contribution < 1.29 is 4.52 Å². The fourth-order valence-corrected chi connectivity index (χ4v) is 2.30. The quantitative estimate of drug-likeness (QED) is 0.764. The predicted molar refractivity (Wildman–Crippen MR) is 70.0 cm³/mol. The first kappa shape index (κ1) is 10.9. The van der Waals surface area contributed by atoms with Crippen LogP contribution in [0.3, 0.4) is 0 Å². The van der Waals surface area contributed by atoms with Crippen molar-refractivity contribution in [1.29, 1.82) is 0 Å². The van der Waals surface area contributed by atoms with Crippen molar-refractivity contribution in [3.63, 3.8) is 0 Å². The normalized spacial score (nSPS) is 10.7. The van der Waals surface area contributed by atoms with Crippen molar-refractivity contribution in [2.45, 2.75) is 6.92 Å². The van der Waals surface area contributed by atoms with Gasteiger partial charge < -0.3 is 10.3 Å². The molecule has 3 rings (SSSR count). The first-order valence-electron chi connectivity index (χ1n) is 5.34. The summed E-state index contributed by atoms with van der Waals surface area (Å²) in [5, 5.41) is 6.55. The average Bonchev–Trinajstić information content (AvgIpc) is 2.98. The lowest BCUT2D eigenvalue weighted by atomic mass is 10.1. The standard InChI is InChI=1S/C12H10N4OS/c1-7-6-14-4-2-8(7)11-15-12(17-16-11)9-3-5-18-10(9)13/h2-6H,13H2,1H3. The van der Waals surface area contributed by atoms with Gasteiger partial charge in [0, 0.05) is 18.0 Å². The molecule has 0 radical (unpaired) electrons. The summed E-state index contributed by atoms with van der Waals surface area (Å²) < 4.78 is 5.24. The molecule has 0 aliphatic rings. The maximum Gasteiger partial charge on any atom is 0.261 e. The first-order valence-corrected chi connectivity index (χ1v) is 6.21. The number of pyridine rings is 1. The minimum Gasteiger partial charge on any atom is -0.390 e. The number of anilines is 1. The van der Waals surface area contributed by atoms with Gasteiger partial charge in [-0.15, -0.1) is 11.3 Å². The molecule has 0 fully saturated rings. The van der Waals surface area contributed by atoms with E-state index in [9.17, 15) is 0 Å². The van der Waals surface area contributed by atoms with Crippen LogP contribution < -0.4 is 5.73 Å². The molecular formula is C12H10N4OS. The molecule has 18 heavy (non-hydrogen) atoms. The molecule has 0 unspecified atom stereocenters. The molecule has 0 saturated heterocycles. The maximum atomic E-state index is 5.83. The molecule has 0 aromatic carbocycles. The van der Waals surface area contributed by atoms with Crippen molar-refractivity contribution >= 4 is 16.3 Å². The number of hydrogen-bond donors (Lipinski definition) is 1. The SMILES string of the molecule is Cc1cnccc1-c1noc(-c2ccsc2N)n1. The van der Waals surface area contributed by atoms with Crippen LogP contribution in [-0.4, -0.2) is 15.1 Å². The number of nitrogens with zero attached hydrogens (tertiary/aromatic N) is 3. The molecule has 5 nitrogen and oxygen atoms in total. The summed E-state index contributed by atoms with van der Waals surface area (Å²) in [6.07, 6.45) is 3.47. The average molecular weight is 258 g/mol. The van der Waals surface area contributed by atoms with Gasteiger partial charge in [0.2, 0.25) is 5.82 Å². The van der Waals surface area contributed by atoms with Gasteiger partial charge in [0.15, 0.2) is 0 Å². The van der Waals surface area contributed by atoms with Gasteiger partial charge in [0.05, 0.1) is 10.6 Å². The molecule has 0 spiro atoms. The molecule has 90 valence electrons. The van der Waals surface area contributed by atoms with Gasteiger partial charge in [-0.25, -0.2) is 0 Å². The monoisotopic (exact) mass is 258 g/mol. The maximum absolute atomic E-state index is 5.83. The lowest BCUT2D eigenvalue weighted by Gasteiger charge is -1.97. The van der Waals surface area contributed by atoms with E-state index in [1.54, 1.807) is 12.4 Å². The van der Waals surface area contributed by atoms with Crippen molar-refractivity contribution in [1.82, 2.24) is 15.1 Å². The molecule has 0 saturated carbocycles. The van der Waals surface area contributed by atoms with E-state index < -0.39 is 0 Å². The summed E-state index contributed by atoms with van der Waals surface area (Å²) in [5.74, 6) is 0.996. The highest BCUT2D eigenvalue weighted by molar-refractivity contribution is 7.14. The van der Waals surface area contributed by atoms with E-state index in [4.69, 9.17) is 10.3 Å². The van der Waals surface area contributed by atoms with Gasteiger partial charge in [-0.3, -0.25) is 4.98 Å². The summed E-state index contributed by atoms with van der Waals surface area (Å²) in [6, 6.07) is 3.73. The highest BCUT2D eigenvalue weighted by Crippen LogP contribution is 2.30. The third kappa shape index (κ3) is 1.76. The molecule has 0 aliphatic heterocycles. The Balaban J connectivity index is 2.05. The second-order valence-electron chi connectivity index (χ2n) is 3.81. The Morgan fingerprint density at radius 2 is 2.17 bits per heavy atom. The molecular weight excluding hydrogens is 248 g/mol. The van der Waals surface area contributed by atoms with Crippen LogP contribution in [0.4, 0.5) is 5.00 Å². The van der Waals surface area contributed by atoms with Crippen LogP contribution in [0.2, 0.25) is 0 Å². The van der Waals surface area contributed by atoms with Gasteiger partial charge in [-0.05, 0) is 30.0 Å². The fourth-order valence-electron chi connectivity index (χ4n) is 1.66. The Kier molecular flexibility index (Phi) is 2.56. The lowest BCUT2D eigenvalue weighted by molar-refractivity contribution is 0.432. The molecule has 0 amide bonds. The lowest BCUT2D eigenvalue weighted by Crippen LogP contribution is -1.87. The number of aryl methyl sites for hydroxylation is 1. The van der Waals surface area contributed by atoms with E-state index >= 15 is 0 Å². The third-order valence-corrected chi connectivity index (χ3v) is 3.36. The zero-order chi connectivity index (χ0) is 12.5. The minimum absolute atomic E-state index is 0.444. The van der Waals surface area contributed by atoms with Gasteiger partial charge in [-0.2, -0.15) is 4.98 Å². The third-order valence-electron chi connectivity index (χ3n) is 2.61. The van der Waals surface area contributed by atoms with Crippen LogP contribution in [0.15, 0.2) is 34.4 Å². The molecule has 6 heteroatoms. The Hall–Kier alpha value is -2.21. The number of aromatic nitrogens is 3. The zero-order valence-electron chi connectivity index (χ0n) is 9.62. The van der Waals surface area contributed by atoms with E-state index in [-0.39, 0.29) is 0 Å². The number of thiophene rings is 1. The van der Waals surface area contributed by atoms with Crippen molar-refractivity contribution in [2.24, 2.45) is 0 Å². The van der Waals surface area contributed by atoms with E-state index in [0.717, 1.165) is 16.7 Å². The summed E-state index contributed by atoms with van der Waals surface area (Å²) in [7, 11) is 0. The zero-order valence-corrected chi connectivity index (χ0v) is 10.4. The summed E-state index contributed by atoms with van der Waals surface area (Å²) in [6.45, 7) is 1.96. The molecule has 3 aromatic heterocycles. The van der Waals surface area contributed by atoms with Crippen LogP contribution in [-0.2, 0) is 0 Å². The smallest absolute Gasteiger partial charge is 0.261 e. The number of rotatable bonds is 2. The number of nitrogens with two attached hydrogens (primary N) is 1. The fraction of sp³-hybridized carbons (Fsp3) is 0.0833. The molecule has 3 heterocycles. The molecule has 0 bridgehead atoms. The predicted octanol–water partition coefficient (Wildman–Crippen LogP) is 2.75. The second-order valence-corrected chi connectivity index (χ2v) is 4.76. The highest BCUT2D eigenvalue weighted by Gasteiger charge is 2.14. The Morgan fingerprint density at radius 1 is 1.28 bits per heavy atom. The number of nitrogen functional groups attached to an aromatic ring is 1. The van der Waals surface area contributed by atoms with Crippen molar-refractivity contribution in [3.05, 3.63) is 35.5 Å². The minimum atomic E-state index is 0.444. The molecule has 2 N–H and O–H groups in total.